The minimum atomic E-state index is 0.887. The number of nitrogens with zero attached hydrogens (tertiary/aromatic N) is 4. The highest BCUT2D eigenvalue weighted by molar-refractivity contribution is 7.26. The summed E-state index contributed by atoms with van der Waals surface area (Å²) in [6.45, 7) is 0. The summed E-state index contributed by atoms with van der Waals surface area (Å²) in [5, 5.41) is 14.6. The zero-order valence-electron chi connectivity index (χ0n) is 55.1. The van der Waals surface area contributed by atoms with Crippen LogP contribution in [-0.4, -0.2) is 18.3 Å². The van der Waals surface area contributed by atoms with Crippen LogP contribution in [0.15, 0.2) is 356 Å². The lowest BCUT2D eigenvalue weighted by Crippen LogP contribution is -1.94. The normalized spacial score (nSPS) is 12.1. The first-order valence-electron chi connectivity index (χ1n) is 34.9. The van der Waals surface area contributed by atoms with Crippen LogP contribution < -0.4 is 0 Å². The molecule has 0 saturated carbocycles. The maximum absolute atomic E-state index is 6.40. The van der Waals surface area contributed by atoms with Crippen molar-refractivity contribution in [3.05, 3.63) is 352 Å². The van der Waals surface area contributed by atoms with Gasteiger partial charge in [-0.25, -0.2) is 0 Å². The lowest BCUT2D eigenvalue weighted by Gasteiger charge is -2.12. The minimum absolute atomic E-state index is 0.887. The first kappa shape index (κ1) is 56.7. The first-order chi connectivity index (χ1) is 50.6. The van der Waals surface area contributed by atoms with Crippen LogP contribution in [0.2, 0.25) is 0 Å². The molecule has 6 aromatic heterocycles. The Hall–Kier alpha value is -13.3. The number of fused-ring (bicyclic) bond motifs is 18. The van der Waals surface area contributed by atoms with Gasteiger partial charge in [-0.2, -0.15) is 0 Å². The second-order valence-corrected chi connectivity index (χ2v) is 28.1. The van der Waals surface area contributed by atoms with Crippen molar-refractivity contribution in [2.75, 3.05) is 0 Å². The number of aromatic nitrogens is 4. The van der Waals surface area contributed by atoms with E-state index in [0.29, 0.717) is 0 Å². The number of hydrogen-bond donors (Lipinski definition) is 0. The van der Waals surface area contributed by atoms with Gasteiger partial charge in [0, 0.05) is 92.5 Å². The third-order valence-electron chi connectivity index (χ3n) is 21.6. The average molecular weight is 1320 g/mol. The van der Waals surface area contributed by atoms with E-state index >= 15 is 0 Å². The molecule has 0 atom stereocenters. The summed E-state index contributed by atoms with van der Waals surface area (Å²) >= 11 is 1.89. The molecule has 6 heterocycles. The lowest BCUT2D eigenvalue weighted by atomic mass is 9.95. The van der Waals surface area contributed by atoms with E-state index in [1.54, 1.807) is 0 Å². The molecular formula is C96H58N4OS. The molecule has 0 radical (unpaired) electrons. The molecule has 0 amide bonds. The van der Waals surface area contributed by atoms with Crippen LogP contribution in [0.1, 0.15) is 0 Å². The lowest BCUT2D eigenvalue weighted by molar-refractivity contribution is 0.668. The van der Waals surface area contributed by atoms with Crippen molar-refractivity contribution in [2.24, 2.45) is 0 Å². The number of furan rings is 1. The Morgan fingerprint density at radius 2 is 0.598 bits per heavy atom. The minimum Gasteiger partial charge on any atom is -0.456 e. The van der Waals surface area contributed by atoms with E-state index in [-0.39, 0.29) is 0 Å². The first-order valence-corrected chi connectivity index (χ1v) is 35.8. The summed E-state index contributed by atoms with van der Waals surface area (Å²) in [7, 11) is 0. The third kappa shape index (κ3) is 8.57. The topological polar surface area (TPSA) is 32.9 Å². The number of benzene rings is 16. The molecule has 22 aromatic rings. The zero-order valence-corrected chi connectivity index (χ0v) is 55.9. The Labute approximate surface area is 589 Å². The number of thiophene rings is 1. The van der Waals surface area contributed by atoms with E-state index in [9.17, 15) is 0 Å². The highest BCUT2D eigenvalue weighted by Crippen LogP contribution is 2.47. The van der Waals surface area contributed by atoms with Crippen molar-refractivity contribution >= 4 is 141 Å². The van der Waals surface area contributed by atoms with Gasteiger partial charge in [-0.15, -0.1) is 11.3 Å². The van der Waals surface area contributed by atoms with Gasteiger partial charge in [0.15, 0.2) is 0 Å². The van der Waals surface area contributed by atoms with Gasteiger partial charge in [0.05, 0.1) is 54.5 Å². The van der Waals surface area contributed by atoms with Crippen LogP contribution in [0.4, 0.5) is 0 Å². The van der Waals surface area contributed by atoms with Crippen molar-refractivity contribution < 1.29 is 4.42 Å². The standard InChI is InChI=1S/C96H58N4OS/c1-2-18-59(19-3-1)60-38-44-68(45-39-60)97-83-31-9-4-24-72(83)79-54-63(40-48-87(79)97)66-43-51-90-82(57-66)75-27-7-12-34-86(75)100(90)91-35-16-30-78-95-71(29-17-37-94(95)102-96(78)91)67-22-14-20-61(52-67)62-21-15-23-69(53-62)98-84-32-10-5-25-73(84)80-55-64(41-49-88(80)98)65-42-50-89-81(56-65)74-26-6-11-33-85(74)99(89)70-46-47-77-76-28-8-13-36-92(76)101-93(77)58-70/h1-58H. The summed E-state index contributed by atoms with van der Waals surface area (Å²) in [6.07, 6.45) is 0. The van der Waals surface area contributed by atoms with Gasteiger partial charge in [-0.3, -0.25) is 0 Å². The summed E-state index contributed by atoms with van der Waals surface area (Å²) in [5.41, 5.74) is 27.7. The Balaban J connectivity index is 0.598. The van der Waals surface area contributed by atoms with Gasteiger partial charge >= 0.3 is 0 Å². The number of rotatable bonds is 9. The fourth-order valence-electron chi connectivity index (χ4n) is 16.9. The fraction of sp³-hybridized carbons (Fsp3) is 0. The fourth-order valence-corrected chi connectivity index (χ4v) is 18.2. The summed E-state index contributed by atoms with van der Waals surface area (Å²) in [6, 6.07) is 130. The Morgan fingerprint density at radius 1 is 0.206 bits per heavy atom. The SMILES string of the molecule is c1ccc(-c2ccc(-n3c4ccccc4c4cc(-c5ccc6c(c5)c5ccccc5n6-c5cccc6c5sc5cccc(-c7cccc(-c8cccc(-n9c%10ccccc%10c%10cc(-c%11ccc%12c(c%11)c%11ccccc%11n%12-c%11ccc%12c(c%11)oc%11ccccc%11%12)ccc%109)c8)c7)c56)ccc43)cc2)cc1. The maximum Gasteiger partial charge on any atom is 0.137 e. The van der Waals surface area contributed by atoms with Gasteiger partial charge in [-0.1, -0.05) is 212 Å². The van der Waals surface area contributed by atoms with E-state index in [0.717, 1.165) is 55.6 Å². The van der Waals surface area contributed by atoms with Crippen LogP contribution in [0.25, 0.3) is 208 Å². The average Bonchev–Trinajstić information content (AvgIpc) is 1.59. The molecule has 0 N–H and O–H groups in total. The smallest absolute Gasteiger partial charge is 0.137 e. The molecule has 0 fully saturated rings. The van der Waals surface area contributed by atoms with E-state index in [1.165, 1.54) is 152 Å². The highest BCUT2D eigenvalue weighted by Gasteiger charge is 2.23. The van der Waals surface area contributed by atoms with Crippen molar-refractivity contribution in [3.8, 4) is 78.4 Å². The molecular weight excluding hydrogens is 1260 g/mol. The predicted octanol–water partition coefficient (Wildman–Crippen LogP) is 26.7. The van der Waals surface area contributed by atoms with E-state index in [1.807, 2.05) is 23.5 Å². The van der Waals surface area contributed by atoms with Crippen molar-refractivity contribution in [1.82, 2.24) is 18.3 Å². The molecule has 16 aromatic carbocycles. The molecule has 0 aliphatic rings. The maximum atomic E-state index is 6.40. The van der Waals surface area contributed by atoms with Crippen LogP contribution in [0, 0.1) is 0 Å². The summed E-state index contributed by atoms with van der Waals surface area (Å²) in [4.78, 5) is 0. The largest absolute Gasteiger partial charge is 0.456 e. The van der Waals surface area contributed by atoms with Gasteiger partial charge in [0.2, 0.25) is 0 Å². The van der Waals surface area contributed by atoms with Gasteiger partial charge in [-0.05, 0) is 189 Å². The monoisotopic (exact) mass is 1310 g/mol. The van der Waals surface area contributed by atoms with E-state index in [4.69, 9.17) is 4.42 Å². The molecule has 474 valence electrons. The molecule has 0 spiro atoms. The summed E-state index contributed by atoms with van der Waals surface area (Å²) < 4.78 is 18.7. The van der Waals surface area contributed by atoms with Crippen LogP contribution in [0.3, 0.4) is 0 Å². The second kappa shape index (κ2) is 22.1. The van der Waals surface area contributed by atoms with E-state index < -0.39 is 0 Å². The van der Waals surface area contributed by atoms with Crippen LogP contribution in [-0.2, 0) is 0 Å². The Bertz CT molecular complexity index is 7250. The van der Waals surface area contributed by atoms with Gasteiger partial charge in [0.1, 0.15) is 11.2 Å². The van der Waals surface area contributed by atoms with Gasteiger partial charge in [0.25, 0.3) is 0 Å². The molecule has 22 rings (SSSR count). The number of hydrogen-bond acceptors (Lipinski definition) is 2. The Morgan fingerprint density at radius 3 is 1.20 bits per heavy atom. The molecule has 5 nitrogen and oxygen atoms in total. The van der Waals surface area contributed by atoms with Crippen molar-refractivity contribution in [2.45, 2.75) is 0 Å². The highest BCUT2D eigenvalue weighted by atomic mass is 32.1. The Kier molecular flexibility index (Phi) is 12.3. The molecule has 0 bridgehead atoms. The molecule has 0 saturated heterocycles. The van der Waals surface area contributed by atoms with Crippen LogP contribution >= 0.6 is 11.3 Å². The number of para-hydroxylation sites is 5. The zero-order chi connectivity index (χ0) is 66.7. The quantitative estimate of drug-likeness (QED) is 0.142. The molecule has 0 unspecified atom stereocenters. The van der Waals surface area contributed by atoms with Crippen molar-refractivity contribution in [1.29, 1.82) is 0 Å². The molecule has 102 heavy (non-hydrogen) atoms. The van der Waals surface area contributed by atoms with E-state index in [2.05, 4.69) is 358 Å². The molecule has 6 heteroatoms. The molecule has 0 aliphatic heterocycles. The third-order valence-corrected chi connectivity index (χ3v) is 22.8. The predicted molar refractivity (Wildman–Crippen MR) is 431 cm³/mol. The van der Waals surface area contributed by atoms with Gasteiger partial charge < -0.3 is 22.7 Å². The summed E-state index contributed by atoms with van der Waals surface area (Å²) in [5.74, 6) is 0. The van der Waals surface area contributed by atoms with Crippen molar-refractivity contribution in [3.63, 3.8) is 0 Å². The second-order valence-electron chi connectivity index (χ2n) is 27.1. The molecule has 0 aliphatic carbocycles. The van der Waals surface area contributed by atoms with Crippen LogP contribution in [0.5, 0.6) is 0 Å².